The fraction of sp³-hybridized carbons (Fsp3) is 0.125. The van der Waals surface area contributed by atoms with Gasteiger partial charge in [0.1, 0.15) is 0 Å². The summed E-state index contributed by atoms with van der Waals surface area (Å²) in [5, 5.41) is 3.89. The Hall–Kier alpha value is -2.62. The first kappa shape index (κ1) is 12.4. The molecule has 1 aromatic carbocycles. The van der Waals surface area contributed by atoms with Crippen LogP contribution in [0.5, 0.6) is 0 Å². The van der Waals surface area contributed by atoms with Crippen LogP contribution >= 0.6 is 0 Å². The van der Waals surface area contributed by atoms with Crippen molar-refractivity contribution in [1.82, 2.24) is 10.1 Å². The van der Waals surface area contributed by atoms with Crippen LogP contribution in [0.4, 0.5) is 5.82 Å². The van der Waals surface area contributed by atoms with E-state index in [0.29, 0.717) is 11.6 Å². The molecule has 3 aromatic rings. The third-order valence-corrected chi connectivity index (χ3v) is 3.12. The van der Waals surface area contributed by atoms with Gasteiger partial charge < -0.3 is 10.3 Å². The van der Waals surface area contributed by atoms with E-state index in [-0.39, 0.29) is 0 Å². The summed E-state index contributed by atoms with van der Waals surface area (Å²) in [6.45, 7) is 4.10. The molecule has 4 heteroatoms. The first-order chi connectivity index (χ1) is 9.65. The molecule has 3 rings (SSSR count). The van der Waals surface area contributed by atoms with E-state index >= 15 is 0 Å². The summed E-state index contributed by atoms with van der Waals surface area (Å²) < 4.78 is 5.43. The van der Waals surface area contributed by atoms with Crippen molar-refractivity contribution in [3.8, 4) is 22.6 Å². The molecule has 0 saturated heterocycles. The molecule has 20 heavy (non-hydrogen) atoms. The Labute approximate surface area is 117 Å². The molecule has 0 atom stereocenters. The second-order valence-corrected chi connectivity index (χ2v) is 4.86. The van der Waals surface area contributed by atoms with Crippen LogP contribution in [0.2, 0.25) is 0 Å². The van der Waals surface area contributed by atoms with Gasteiger partial charge >= 0.3 is 0 Å². The van der Waals surface area contributed by atoms with Crippen LogP contribution in [0, 0.1) is 13.8 Å². The number of nitrogens with two attached hydrogens (primary N) is 1. The summed E-state index contributed by atoms with van der Waals surface area (Å²) in [6, 6.07) is 11.9. The zero-order valence-electron chi connectivity index (χ0n) is 11.4. The Morgan fingerprint density at radius 2 is 1.80 bits per heavy atom. The number of nitrogens with zero attached hydrogens (tertiary/aromatic N) is 2. The summed E-state index contributed by atoms with van der Waals surface area (Å²) in [5.41, 5.74) is 10.8. The van der Waals surface area contributed by atoms with Crippen LogP contribution in [0.1, 0.15) is 11.1 Å². The zero-order chi connectivity index (χ0) is 14.1. The van der Waals surface area contributed by atoms with Crippen molar-refractivity contribution < 1.29 is 4.52 Å². The second-order valence-electron chi connectivity index (χ2n) is 4.86. The van der Waals surface area contributed by atoms with Gasteiger partial charge in [0.05, 0.1) is 11.3 Å². The maximum Gasteiger partial charge on any atom is 0.178 e. The van der Waals surface area contributed by atoms with Gasteiger partial charge in [-0.2, -0.15) is 0 Å². The Kier molecular flexibility index (Phi) is 2.99. The van der Waals surface area contributed by atoms with E-state index in [2.05, 4.69) is 42.2 Å². The monoisotopic (exact) mass is 265 g/mol. The maximum absolute atomic E-state index is 5.94. The Balaban J connectivity index is 2.21. The number of pyridine rings is 1. The molecular weight excluding hydrogens is 250 g/mol. The molecule has 2 heterocycles. The lowest BCUT2D eigenvalue weighted by molar-refractivity contribution is 0.436. The number of aryl methyl sites for hydroxylation is 2. The number of benzene rings is 1. The maximum atomic E-state index is 5.94. The summed E-state index contributed by atoms with van der Waals surface area (Å²) in [6.07, 6.45) is 1.73. The molecule has 2 aromatic heterocycles. The van der Waals surface area contributed by atoms with Gasteiger partial charge in [-0.15, -0.1) is 0 Å². The van der Waals surface area contributed by atoms with Crippen LogP contribution in [0.15, 0.2) is 47.1 Å². The van der Waals surface area contributed by atoms with Crippen LogP contribution in [-0.4, -0.2) is 10.1 Å². The third kappa shape index (κ3) is 2.16. The highest BCUT2D eigenvalue weighted by atomic mass is 16.5. The minimum Gasteiger partial charge on any atom is -0.380 e. The normalized spacial score (nSPS) is 10.7. The largest absolute Gasteiger partial charge is 0.380 e. The molecule has 100 valence electrons. The lowest BCUT2D eigenvalue weighted by atomic mass is 10.0. The molecule has 2 N–H and O–H groups in total. The van der Waals surface area contributed by atoms with Crippen LogP contribution in [-0.2, 0) is 0 Å². The molecule has 0 saturated carbocycles. The molecule has 4 nitrogen and oxygen atoms in total. The smallest absolute Gasteiger partial charge is 0.178 e. The molecule has 0 amide bonds. The first-order valence-corrected chi connectivity index (χ1v) is 6.40. The minimum absolute atomic E-state index is 0.359. The summed E-state index contributed by atoms with van der Waals surface area (Å²) >= 11 is 0. The topological polar surface area (TPSA) is 64.9 Å². The molecule has 0 spiro atoms. The van der Waals surface area contributed by atoms with E-state index < -0.39 is 0 Å². The standard InChI is InChI=1S/C16H15N3O/c1-10-7-11(2)9-12(8-10)15-14(16(17)19-20-15)13-5-3-4-6-18-13/h3-9H,1-2H3,(H2,17,19). The summed E-state index contributed by atoms with van der Waals surface area (Å²) in [4.78, 5) is 4.33. The average Bonchev–Trinajstić information content (AvgIpc) is 2.80. The molecular formula is C16H15N3O. The Morgan fingerprint density at radius 3 is 2.45 bits per heavy atom. The zero-order valence-corrected chi connectivity index (χ0v) is 11.4. The van der Waals surface area contributed by atoms with Crippen molar-refractivity contribution in [2.75, 3.05) is 5.73 Å². The summed E-state index contributed by atoms with van der Waals surface area (Å²) in [7, 11) is 0. The molecule has 0 bridgehead atoms. The Bertz CT molecular complexity index is 727. The first-order valence-electron chi connectivity index (χ1n) is 6.40. The van der Waals surface area contributed by atoms with E-state index in [1.54, 1.807) is 6.20 Å². The minimum atomic E-state index is 0.359. The van der Waals surface area contributed by atoms with Gasteiger partial charge in [-0.1, -0.05) is 28.4 Å². The van der Waals surface area contributed by atoms with Crippen molar-refractivity contribution in [1.29, 1.82) is 0 Å². The molecule has 0 radical (unpaired) electrons. The quantitative estimate of drug-likeness (QED) is 0.768. The van der Waals surface area contributed by atoms with Crippen LogP contribution in [0.25, 0.3) is 22.6 Å². The molecule has 0 fully saturated rings. The number of aromatic nitrogens is 2. The van der Waals surface area contributed by atoms with Crippen LogP contribution < -0.4 is 5.73 Å². The number of nitrogen functional groups attached to an aromatic ring is 1. The predicted molar refractivity (Wildman–Crippen MR) is 79.1 cm³/mol. The Morgan fingerprint density at radius 1 is 1.05 bits per heavy atom. The van der Waals surface area contributed by atoms with E-state index in [9.17, 15) is 0 Å². The van der Waals surface area contributed by atoms with Crippen molar-refractivity contribution in [3.05, 3.63) is 53.7 Å². The average molecular weight is 265 g/mol. The molecule has 0 aliphatic rings. The van der Waals surface area contributed by atoms with Gasteiger partial charge in [-0.25, -0.2) is 0 Å². The van der Waals surface area contributed by atoms with Gasteiger partial charge in [0.2, 0.25) is 0 Å². The highest BCUT2D eigenvalue weighted by Crippen LogP contribution is 2.36. The van der Waals surface area contributed by atoms with Gasteiger partial charge in [0, 0.05) is 11.8 Å². The van der Waals surface area contributed by atoms with Gasteiger partial charge in [0.25, 0.3) is 0 Å². The fourth-order valence-electron chi connectivity index (χ4n) is 2.36. The predicted octanol–water partition coefficient (Wildman–Crippen LogP) is 3.60. The SMILES string of the molecule is Cc1cc(C)cc(-c2onc(N)c2-c2ccccn2)c1. The van der Waals surface area contributed by atoms with Crippen molar-refractivity contribution >= 4 is 5.82 Å². The molecule has 0 unspecified atom stereocenters. The van der Waals surface area contributed by atoms with Gasteiger partial charge in [-0.05, 0) is 38.1 Å². The van der Waals surface area contributed by atoms with E-state index in [1.165, 1.54) is 11.1 Å². The lowest BCUT2D eigenvalue weighted by Gasteiger charge is -2.04. The van der Waals surface area contributed by atoms with Crippen LogP contribution in [0.3, 0.4) is 0 Å². The second kappa shape index (κ2) is 4.81. The van der Waals surface area contributed by atoms with Crippen molar-refractivity contribution in [2.45, 2.75) is 13.8 Å². The van der Waals surface area contributed by atoms with Crippen molar-refractivity contribution in [2.24, 2.45) is 0 Å². The van der Waals surface area contributed by atoms with Gasteiger partial charge in [0.15, 0.2) is 11.6 Å². The van der Waals surface area contributed by atoms with Gasteiger partial charge in [-0.3, -0.25) is 4.98 Å². The molecule has 0 aliphatic carbocycles. The van der Waals surface area contributed by atoms with E-state index in [1.807, 2.05) is 18.2 Å². The number of hydrogen-bond acceptors (Lipinski definition) is 4. The summed E-state index contributed by atoms with van der Waals surface area (Å²) in [5.74, 6) is 1.02. The third-order valence-electron chi connectivity index (χ3n) is 3.12. The van der Waals surface area contributed by atoms with E-state index in [0.717, 1.165) is 16.8 Å². The molecule has 0 aliphatic heterocycles. The van der Waals surface area contributed by atoms with E-state index in [4.69, 9.17) is 10.3 Å². The highest BCUT2D eigenvalue weighted by molar-refractivity contribution is 5.85. The number of hydrogen-bond donors (Lipinski definition) is 1. The van der Waals surface area contributed by atoms with Crippen molar-refractivity contribution in [3.63, 3.8) is 0 Å². The fourth-order valence-corrected chi connectivity index (χ4v) is 2.36. The lowest BCUT2D eigenvalue weighted by Crippen LogP contribution is -1.91. The highest BCUT2D eigenvalue weighted by Gasteiger charge is 2.18. The number of anilines is 1. The number of rotatable bonds is 2.